The minimum absolute atomic E-state index is 0.306. The Morgan fingerprint density at radius 2 is 2.38 bits per heavy atom. The first-order valence-corrected chi connectivity index (χ1v) is 4.29. The number of anilines is 1. The lowest BCUT2D eigenvalue weighted by atomic mass is 10.3. The van der Waals surface area contributed by atoms with Gasteiger partial charge in [-0.1, -0.05) is 12.2 Å². The monoisotopic (exact) mass is 180 g/mol. The van der Waals surface area contributed by atoms with Gasteiger partial charge in [-0.15, -0.1) is 0 Å². The van der Waals surface area contributed by atoms with Gasteiger partial charge in [-0.25, -0.2) is 9.37 Å². The molecule has 0 fully saturated rings. The molecular weight excluding hydrogens is 167 g/mol. The second-order valence-corrected chi connectivity index (χ2v) is 2.65. The van der Waals surface area contributed by atoms with E-state index in [1.165, 1.54) is 12.3 Å². The Bertz CT molecular complexity index is 267. The Labute approximate surface area is 77.5 Å². The molecule has 0 aliphatic rings. The van der Waals surface area contributed by atoms with Crippen LogP contribution in [0.4, 0.5) is 10.2 Å². The number of pyridine rings is 1. The third-order valence-electron chi connectivity index (χ3n) is 1.58. The second kappa shape index (κ2) is 5.30. The standard InChI is InChI=1S/C10H13FN2/c1-2-3-4-7-12-10-6-5-9(11)8-13-10/h2-3,5-6,8H,4,7H2,1H3,(H,12,13)/b3-2+. The lowest BCUT2D eigenvalue weighted by Crippen LogP contribution is -2.01. The van der Waals surface area contributed by atoms with Gasteiger partial charge in [0.1, 0.15) is 11.6 Å². The van der Waals surface area contributed by atoms with E-state index >= 15 is 0 Å². The fraction of sp³-hybridized carbons (Fsp3) is 0.300. The van der Waals surface area contributed by atoms with Gasteiger partial charge in [-0.05, 0) is 25.5 Å². The van der Waals surface area contributed by atoms with Crippen LogP contribution in [0.3, 0.4) is 0 Å². The predicted octanol–water partition coefficient (Wildman–Crippen LogP) is 2.60. The number of hydrogen-bond acceptors (Lipinski definition) is 2. The van der Waals surface area contributed by atoms with E-state index in [1.807, 2.05) is 13.0 Å². The van der Waals surface area contributed by atoms with E-state index in [0.717, 1.165) is 13.0 Å². The Balaban J connectivity index is 2.33. The van der Waals surface area contributed by atoms with Crippen LogP contribution >= 0.6 is 0 Å². The van der Waals surface area contributed by atoms with Crippen LogP contribution in [0.1, 0.15) is 13.3 Å². The first-order chi connectivity index (χ1) is 6.33. The Kier molecular flexibility index (Phi) is 3.96. The molecule has 3 heteroatoms. The molecule has 1 heterocycles. The number of halogens is 1. The molecule has 0 unspecified atom stereocenters. The van der Waals surface area contributed by atoms with Crippen LogP contribution in [0.5, 0.6) is 0 Å². The van der Waals surface area contributed by atoms with Crippen LogP contribution in [0.2, 0.25) is 0 Å². The van der Waals surface area contributed by atoms with Crippen molar-refractivity contribution in [1.29, 1.82) is 0 Å². The van der Waals surface area contributed by atoms with E-state index in [9.17, 15) is 4.39 Å². The van der Waals surface area contributed by atoms with Crippen molar-refractivity contribution in [3.05, 3.63) is 36.3 Å². The van der Waals surface area contributed by atoms with Gasteiger partial charge in [-0.3, -0.25) is 0 Å². The van der Waals surface area contributed by atoms with Gasteiger partial charge in [0.05, 0.1) is 6.20 Å². The van der Waals surface area contributed by atoms with E-state index in [1.54, 1.807) is 6.07 Å². The zero-order chi connectivity index (χ0) is 9.52. The number of nitrogens with zero attached hydrogens (tertiary/aromatic N) is 1. The van der Waals surface area contributed by atoms with Gasteiger partial charge in [0.2, 0.25) is 0 Å². The Morgan fingerprint density at radius 1 is 1.54 bits per heavy atom. The van der Waals surface area contributed by atoms with Crippen molar-refractivity contribution in [2.75, 3.05) is 11.9 Å². The summed E-state index contributed by atoms with van der Waals surface area (Å²) < 4.78 is 12.4. The minimum Gasteiger partial charge on any atom is -0.370 e. The van der Waals surface area contributed by atoms with Crippen LogP contribution in [0.25, 0.3) is 0 Å². The molecule has 0 radical (unpaired) electrons. The number of allylic oxidation sites excluding steroid dienone is 1. The number of hydrogen-bond donors (Lipinski definition) is 1. The van der Waals surface area contributed by atoms with E-state index in [4.69, 9.17) is 0 Å². The molecule has 0 amide bonds. The van der Waals surface area contributed by atoms with Crippen LogP contribution in [-0.4, -0.2) is 11.5 Å². The lowest BCUT2D eigenvalue weighted by molar-refractivity contribution is 0.621. The van der Waals surface area contributed by atoms with Gasteiger partial charge < -0.3 is 5.32 Å². The lowest BCUT2D eigenvalue weighted by Gasteiger charge is -2.01. The summed E-state index contributed by atoms with van der Waals surface area (Å²) in [6.07, 6.45) is 6.23. The van der Waals surface area contributed by atoms with Crippen LogP contribution in [0.15, 0.2) is 30.5 Å². The number of nitrogens with one attached hydrogen (secondary N) is 1. The van der Waals surface area contributed by atoms with E-state index in [2.05, 4.69) is 16.4 Å². The Morgan fingerprint density at radius 3 is 3.00 bits per heavy atom. The van der Waals surface area contributed by atoms with Crippen molar-refractivity contribution in [2.24, 2.45) is 0 Å². The maximum atomic E-state index is 12.4. The maximum Gasteiger partial charge on any atom is 0.141 e. The van der Waals surface area contributed by atoms with Gasteiger partial charge in [-0.2, -0.15) is 0 Å². The number of rotatable bonds is 4. The second-order valence-electron chi connectivity index (χ2n) is 2.65. The molecule has 0 bridgehead atoms. The molecule has 0 aliphatic heterocycles. The van der Waals surface area contributed by atoms with Gasteiger partial charge in [0.25, 0.3) is 0 Å². The molecule has 0 saturated heterocycles. The molecule has 1 aromatic heterocycles. The summed E-state index contributed by atoms with van der Waals surface area (Å²) >= 11 is 0. The minimum atomic E-state index is -0.306. The van der Waals surface area contributed by atoms with Gasteiger partial charge >= 0.3 is 0 Å². The van der Waals surface area contributed by atoms with Crippen LogP contribution in [-0.2, 0) is 0 Å². The van der Waals surface area contributed by atoms with Crippen molar-refractivity contribution >= 4 is 5.82 Å². The molecule has 0 aliphatic carbocycles. The molecule has 70 valence electrons. The first-order valence-electron chi connectivity index (χ1n) is 4.29. The average Bonchev–Trinajstić information content (AvgIpc) is 2.15. The fourth-order valence-electron chi connectivity index (χ4n) is 0.931. The molecule has 1 N–H and O–H groups in total. The third kappa shape index (κ3) is 3.69. The zero-order valence-electron chi connectivity index (χ0n) is 7.63. The normalized spacial score (nSPS) is 10.6. The SMILES string of the molecule is C/C=C/CCNc1ccc(F)cn1. The maximum absolute atomic E-state index is 12.4. The molecule has 0 atom stereocenters. The number of aromatic nitrogens is 1. The van der Waals surface area contributed by atoms with E-state index in [-0.39, 0.29) is 5.82 Å². The summed E-state index contributed by atoms with van der Waals surface area (Å²) in [6, 6.07) is 3.02. The smallest absolute Gasteiger partial charge is 0.141 e. The molecule has 0 spiro atoms. The summed E-state index contributed by atoms with van der Waals surface area (Å²) in [5, 5.41) is 3.08. The van der Waals surface area contributed by atoms with Crippen molar-refractivity contribution < 1.29 is 4.39 Å². The highest BCUT2D eigenvalue weighted by Gasteiger charge is 1.92. The summed E-state index contributed by atoms with van der Waals surface area (Å²) in [7, 11) is 0. The molecule has 2 nitrogen and oxygen atoms in total. The van der Waals surface area contributed by atoms with E-state index < -0.39 is 0 Å². The van der Waals surface area contributed by atoms with Crippen LogP contribution < -0.4 is 5.32 Å². The predicted molar refractivity (Wildman–Crippen MR) is 52.1 cm³/mol. The topological polar surface area (TPSA) is 24.9 Å². The van der Waals surface area contributed by atoms with Gasteiger partial charge in [0, 0.05) is 6.54 Å². The van der Waals surface area contributed by atoms with Crippen LogP contribution in [0, 0.1) is 5.82 Å². The summed E-state index contributed by atoms with van der Waals surface area (Å²) in [5.74, 6) is 0.407. The van der Waals surface area contributed by atoms with Gasteiger partial charge in [0.15, 0.2) is 0 Å². The first kappa shape index (κ1) is 9.71. The highest BCUT2D eigenvalue weighted by Crippen LogP contribution is 2.02. The summed E-state index contributed by atoms with van der Waals surface area (Å²) in [4.78, 5) is 3.87. The Hall–Kier alpha value is -1.38. The summed E-state index contributed by atoms with van der Waals surface area (Å²) in [6.45, 7) is 2.80. The largest absolute Gasteiger partial charge is 0.370 e. The molecule has 13 heavy (non-hydrogen) atoms. The van der Waals surface area contributed by atoms with E-state index in [0.29, 0.717) is 5.82 Å². The fourth-order valence-corrected chi connectivity index (χ4v) is 0.931. The molecule has 1 rings (SSSR count). The molecular formula is C10H13FN2. The van der Waals surface area contributed by atoms with Crippen molar-refractivity contribution in [3.8, 4) is 0 Å². The zero-order valence-corrected chi connectivity index (χ0v) is 7.63. The highest BCUT2D eigenvalue weighted by atomic mass is 19.1. The molecule has 0 saturated carbocycles. The molecule has 1 aromatic rings. The van der Waals surface area contributed by atoms with Crippen molar-refractivity contribution in [1.82, 2.24) is 4.98 Å². The quantitative estimate of drug-likeness (QED) is 0.569. The summed E-state index contributed by atoms with van der Waals surface area (Å²) in [5.41, 5.74) is 0. The molecule has 0 aromatic carbocycles. The third-order valence-corrected chi connectivity index (χ3v) is 1.58. The van der Waals surface area contributed by atoms with Crippen molar-refractivity contribution in [3.63, 3.8) is 0 Å². The average molecular weight is 180 g/mol. The highest BCUT2D eigenvalue weighted by molar-refractivity contribution is 5.33. The van der Waals surface area contributed by atoms with Crippen molar-refractivity contribution in [2.45, 2.75) is 13.3 Å².